The third-order valence-electron chi connectivity index (χ3n) is 4.55. The van der Waals surface area contributed by atoms with E-state index in [9.17, 15) is 0 Å². The maximum Gasteiger partial charge on any atom is 0.0717 e. The molecule has 3 fully saturated rings. The summed E-state index contributed by atoms with van der Waals surface area (Å²) in [6.45, 7) is 0.787. The van der Waals surface area contributed by atoms with Gasteiger partial charge in [-0.2, -0.15) is 0 Å². The number of fused-ring (bicyclic) bond motifs is 2. The molecule has 4 unspecified atom stereocenters. The van der Waals surface area contributed by atoms with Gasteiger partial charge in [0, 0.05) is 0 Å². The lowest BCUT2D eigenvalue weighted by molar-refractivity contribution is -0.138. The highest BCUT2D eigenvalue weighted by Crippen LogP contribution is 2.62. The van der Waals surface area contributed by atoms with Crippen molar-refractivity contribution in [3.8, 4) is 0 Å². The van der Waals surface area contributed by atoms with Crippen molar-refractivity contribution in [2.75, 3.05) is 6.54 Å². The molecule has 4 atom stereocenters. The highest BCUT2D eigenvalue weighted by Gasteiger charge is 2.59. The summed E-state index contributed by atoms with van der Waals surface area (Å²) in [4.78, 5) is 0. The molecule has 0 aromatic carbocycles. The SMILES string of the molecule is NCCC1CCCC2(CCC3CC32)O1. The first-order chi connectivity index (χ1) is 6.84. The summed E-state index contributed by atoms with van der Waals surface area (Å²) < 4.78 is 6.35. The number of hydrogen-bond acceptors (Lipinski definition) is 2. The van der Waals surface area contributed by atoms with Crippen LogP contribution in [-0.4, -0.2) is 18.2 Å². The number of rotatable bonds is 2. The van der Waals surface area contributed by atoms with E-state index < -0.39 is 0 Å². The van der Waals surface area contributed by atoms with Crippen LogP contribution >= 0.6 is 0 Å². The van der Waals surface area contributed by atoms with Gasteiger partial charge in [-0.25, -0.2) is 0 Å². The van der Waals surface area contributed by atoms with Crippen LogP contribution in [0.3, 0.4) is 0 Å². The first kappa shape index (κ1) is 9.17. The van der Waals surface area contributed by atoms with Crippen molar-refractivity contribution in [1.82, 2.24) is 0 Å². The average Bonchev–Trinajstić information content (AvgIpc) is 2.90. The quantitative estimate of drug-likeness (QED) is 0.732. The van der Waals surface area contributed by atoms with Gasteiger partial charge in [0.15, 0.2) is 0 Å². The Kier molecular flexibility index (Phi) is 2.10. The molecule has 0 amide bonds. The molecule has 2 N–H and O–H groups in total. The lowest BCUT2D eigenvalue weighted by atomic mass is 9.86. The molecule has 1 heterocycles. The van der Waals surface area contributed by atoms with Crippen molar-refractivity contribution in [3.63, 3.8) is 0 Å². The van der Waals surface area contributed by atoms with Gasteiger partial charge in [0.2, 0.25) is 0 Å². The van der Waals surface area contributed by atoms with Crippen LogP contribution in [0.1, 0.15) is 44.9 Å². The highest BCUT2D eigenvalue weighted by atomic mass is 16.5. The molecule has 2 aliphatic carbocycles. The monoisotopic (exact) mass is 195 g/mol. The summed E-state index contributed by atoms with van der Waals surface area (Å²) in [6, 6.07) is 0. The Bertz CT molecular complexity index is 228. The van der Waals surface area contributed by atoms with Crippen LogP contribution in [0.15, 0.2) is 0 Å². The summed E-state index contributed by atoms with van der Waals surface area (Å²) in [5.41, 5.74) is 5.93. The van der Waals surface area contributed by atoms with Crippen molar-refractivity contribution in [1.29, 1.82) is 0 Å². The Labute approximate surface area is 86.2 Å². The lowest BCUT2D eigenvalue weighted by Crippen LogP contribution is -2.41. The third-order valence-corrected chi connectivity index (χ3v) is 4.55. The van der Waals surface area contributed by atoms with Crippen LogP contribution in [0.25, 0.3) is 0 Å². The number of ether oxygens (including phenoxy) is 1. The fourth-order valence-electron chi connectivity index (χ4n) is 3.75. The lowest BCUT2D eigenvalue weighted by Gasteiger charge is -2.40. The largest absolute Gasteiger partial charge is 0.371 e. The average molecular weight is 195 g/mol. The van der Waals surface area contributed by atoms with Crippen LogP contribution in [-0.2, 0) is 4.74 Å². The Morgan fingerprint density at radius 2 is 2.21 bits per heavy atom. The van der Waals surface area contributed by atoms with Gasteiger partial charge in [-0.05, 0) is 63.3 Å². The van der Waals surface area contributed by atoms with Crippen LogP contribution in [0.4, 0.5) is 0 Å². The first-order valence-electron chi connectivity index (χ1n) is 6.22. The molecule has 1 saturated heterocycles. The zero-order valence-corrected chi connectivity index (χ0v) is 8.87. The third kappa shape index (κ3) is 1.31. The Hall–Kier alpha value is -0.0800. The molecule has 0 bridgehead atoms. The summed E-state index contributed by atoms with van der Waals surface area (Å²) >= 11 is 0. The molecule has 2 saturated carbocycles. The van der Waals surface area contributed by atoms with E-state index in [4.69, 9.17) is 10.5 Å². The summed E-state index contributed by atoms with van der Waals surface area (Å²) in [5.74, 6) is 1.97. The van der Waals surface area contributed by atoms with Gasteiger partial charge in [0.05, 0.1) is 11.7 Å². The molecule has 80 valence electrons. The molecule has 0 aromatic heterocycles. The van der Waals surface area contributed by atoms with E-state index in [2.05, 4.69) is 0 Å². The smallest absolute Gasteiger partial charge is 0.0717 e. The van der Waals surface area contributed by atoms with Crippen molar-refractivity contribution in [3.05, 3.63) is 0 Å². The van der Waals surface area contributed by atoms with Crippen LogP contribution in [0.2, 0.25) is 0 Å². The van der Waals surface area contributed by atoms with Gasteiger partial charge in [-0.15, -0.1) is 0 Å². The molecular weight excluding hydrogens is 174 g/mol. The van der Waals surface area contributed by atoms with Gasteiger partial charge in [0.1, 0.15) is 0 Å². The minimum absolute atomic E-state index is 0.322. The van der Waals surface area contributed by atoms with E-state index in [0.717, 1.165) is 24.8 Å². The predicted octanol–water partition coefficient (Wildman–Crippen LogP) is 2.07. The van der Waals surface area contributed by atoms with E-state index in [1.165, 1.54) is 38.5 Å². The maximum absolute atomic E-state index is 6.35. The zero-order valence-electron chi connectivity index (χ0n) is 8.87. The maximum atomic E-state index is 6.35. The van der Waals surface area contributed by atoms with Gasteiger partial charge in [-0.3, -0.25) is 0 Å². The van der Waals surface area contributed by atoms with Crippen LogP contribution in [0.5, 0.6) is 0 Å². The van der Waals surface area contributed by atoms with Gasteiger partial charge >= 0.3 is 0 Å². The predicted molar refractivity (Wildman–Crippen MR) is 56.0 cm³/mol. The Morgan fingerprint density at radius 1 is 1.29 bits per heavy atom. The van der Waals surface area contributed by atoms with Crippen molar-refractivity contribution in [2.24, 2.45) is 17.6 Å². The molecule has 3 aliphatic rings. The first-order valence-corrected chi connectivity index (χ1v) is 6.22. The van der Waals surface area contributed by atoms with Gasteiger partial charge in [0.25, 0.3) is 0 Å². The van der Waals surface area contributed by atoms with Crippen LogP contribution in [0, 0.1) is 11.8 Å². The second kappa shape index (κ2) is 3.21. The highest BCUT2D eigenvalue weighted by molar-refractivity contribution is 5.09. The normalized spacial score (nSPS) is 50.8. The van der Waals surface area contributed by atoms with E-state index in [1.807, 2.05) is 0 Å². The van der Waals surface area contributed by atoms with E-state index >= 15 is 0 Å². The minimum Gasteiger partial charge on any atom is -0.371 e. The Balaban J connectivity index is 1.68. The molecule has 2 heteroatoms. The second-order valence-corrected chi connectivity index (χ2v) is 5.42. The fraction of sp³-hybridized carbons (Fsp3) is 1.00. The van der Waals surface area contributed by atoms with E-state index in [1.54, 1.807) is 0 Å². The number of hydrogen-bond donors (Lipinski definition) is 1. The zero-order chi connectivity index (χ0) is 9.60. The molecule has 0 aromatic rings. The molecular formula is C12H21NO. The molecule has 1 spiro atoms. The van der Waals surface area contributed by atoms with Crippen molar-refractivity contribution >= 4 is 0 Å². The number of nitrogens with two attached hydrogens (primary N) is 1. The van der Waals surface area contributed by atoms with Crippen LogP contribution < -0.4 is 5.73 Å². The molecule has 2 nitrogen and oxygen atoms in total. The van der Waals surface area contributed by atoms with Crippen molar-refractivity contribution in [2.45, 2.75) is 56.7 Å². The summed E-state index contributed by atoms with van der Waals surface area (Å²) in [6.07, 6.45) is 9.71. The molecule has 1 aliphatic heterocycles. The molecule has 3 rings (SSSR count). The second-order valence-electron chi connectivity index (χ2n) is 5.42. The van der Waals surface area contributed by atoms with E-state index in [0.29, 0.717) is 11.7 Å². The standard InChI is InChI=1S/C12H21NO/c13-7-4-10-2-1-5-12(14-10)6-3-9-8-11(9)12/h9-11H,1-8,13H2. The minimum atomic E-state index is 0.322. The van der Waals surface area contributed by atoms with Gasteiger partial charge in [-0.1, -0.05) is 0 Å². The fourth-order valence-corrected chi connectivity index (χ4v) is 3.75. The molecule has 14 heavy (non-hydrogen) atoms. The van der Waals surface area contributed by atoms with E-state index in [-0.39, 0.29) is 0 Å². The summed E-state index contributed by atoms with van der Waals surface area (Å²) in [5, 5.41) is 0. The summed E-state index contributed by atoms with van der Waals surface area (Å²) in [7, 11) is 0. The molecule has 0 radical (unpaired) electrons. The van der Waals surface area contributed by atoms with Gasteiger partial charge < -0.3 is 10.5 Å². The topological polar surface area (TPSA) is 35.2 Å². The van der Waals surface area contributed by atoms with Crippen molar-refractivity contribution < 1.29 is 4.74 Å². The Morgan fingerprint density at radius 3 is 2.86 bits per heavy atom.